The molecule has 1 aliphatic carbocycles. The molecule has 1 atom stereocenters. The van der Waals surface area contributed by atoms with Crippen molar-refractivity contribution in [3.8, 4) is 0 Å². The Bertz CT molecular complexity index is 356. The molecule has 1 aromatic rings. The molecule has 1 saturated carbocycles. The van der Waals surface area contributed by atoms with Crippen LogP contribution in [0.5, 0.6) is 0 Å². The van der Waals surface area contributed by atoms with Crippen LogP contribution in [0.2, 0.25) is 5.02 Å². The molecule has 0 heterocycles. The lowest BCUT2D eigenvalue weighted by atomic mass is 9.85. The van der Waals surface area contributed by atoms with Crippen LogP contribution in [0.25, 0.3) is 0 Å². The molecule has 0 N–H and O–H groups in total. The van der Waals surface area contributed by atoms with E-state index in [4.69, 9.17) is 23.2 Å². The Morgan fingerprint density at radius 2 is 1.83 bits per heavy atom. The molecule has 0 saturated heterocycles. The minimum Gasteiger partial charge on any atom is -0.123 e. The van der Waals surface area contributed by atoms with Gasteiger partial charge in [-0.25, -0.2) is 0 Å². The number of rotatable bonds is 5. The quantitative estimate of drug-likeness (QED) is 0.595. The summed E-state index contributed by atoms with van der Waals surface area (Å²) in [5.74, 6) is 0.922. The fourth-order valence-corrected chi connectivity index (χ4v) is 3.40. The first-order chi connectivity index (χ1) is 8.75. The standard InChI is InChI=1S/C16H22Cl2/c17-15(11-10-13-6-2-1-3-7-13)12-14-8-4-5-9-16(14)18/h4-5,8-9,13,15H,1-3,6-7,10-12H2. The highest BCUT2D eigenvalue weighted by molar-refractivity contribution is 6.31. The molecule has 2 rings (SSSR count). The van der Waals surface area contributed by atoms with Crippen LogP contribution in [0.1, 0.15) is 50.5 Å². The van der Waals surface area contributed by atoms with Gasteiger partial charge in [0.15, 0.2) is 0 Å². The maximum absolute atomic E-state index is 6.45. The summed E-state index contributed by atoms with van der Waals surface area (Å²) in [6, 6.07) is 8.03. The van der Waals surface area contributed by atoms with E-state index in [2.05, 4.69) is 6.07 Å². The van der Waals surface area contributed by atoms with E-state index in [1.54, 1.807) is 0 Å². The van der Waals surface area contributed by atoms with Crippen molar-refractivity contribution in [1.82, 2.24) is 0 Å². The molecule has 1 aliphatic rings. The SMILES string of the molecule is Clc1ccccc1CC(Cl)CCC1CCCCC1. The van der Waals surface area contributed by atoms with Crippen molar-refractivity contribution in [1.29, 1.82) is 0 Å². The topological polar surface area (TPSA) is 0 Å². The van der Waals surface area contributed by atoms with Crippen LogP contribution in [0.3, 0.4) is 0 Å². The third-order valence-corrected chi connectivity index (χ3v) is 4.75. The minimum atomic E-state index is 0.229. The number of alkyl halides is 1. The smallest absolute Gasteiger partial charge is 0.0438 e. The number of hydrogen-bond acceptors (Lipinski definition) is 0. The summed E-state index contributed by atoms with van der Waals surface area (Å²) in [7, 11) is 0. The van der Waals surface area contributed by atoms with Crippen LogP contribution in [0, 0.1) is 5.92 Å². The second-order valence-corrected chi connectivity index (χ2v) is 6.50. The highest BCUT2D eigenvalue weighted by Crippen LogP contribution is 2.29. The maximum atomic E-state index is 6.45. The Morgan fingerprint density at radius 1 is 1.11 bits per heavy atom. The molecule has 0 amide bonds. The molecule has 0 nitrogen and oxygen atoms in total. The van der Waals surface area contributed by atoms with E-state index in [0.29, 0.717) is 0 Å². The van der Waals surface area contributed by atoms with Gasteiger partial charge in [-0.3, -0.25) is 0 Å². The van der Waals surface area contributed by atoms with E-state index in [1.807, 2.05) is 18.2 Å². The molecular weight excluding hydrogens is 263 g/mol. The predicted molar refractivity (Wildman–Crippen MR) is 80.6 cm³/mol. The highest BCUT2D eigenvalue weighted by Gasteiger charge is 2.16. The molecule has 1 aromatic carbocycles. The molecule has 0 aromatic heterocycles. The molecule has 1 unspecified atom stereocenters. The van der Waals surface area contributed by atoms with E-state index in [0.717, 1.165) is 23.8 Å². The van der Waals surface area contributed by atoms with Crippen LogP contribution in [-0.4, -0.2) is 5.38 Å². The molecule has 0 spiro atoms. The summed E-state index contributed by atoms with van der Waals surface area (Å²) in [5.41, 5.74) is 1.18. The first-order valence-electron chi connectivity index (χ1n) is 7.13. The maximum Gasteiger partial charge on any atom is 0.0438 e. The van der Waals surface area contributed by atoms with Crippen molar-refractivity contribution < 1.29 is 0 Å². The Morgan fingerprint density at radius 3 is 2.56 bits per heavy atom. The lowest BCUT2D eigenvalue weighted by Gasteiger charge is -2.22. The van der Waals surface area contributed by atoms with E-state index in [1.165, 1.54) is 44.1 Å². The van der Waals surface area contributed by atoms with Gasteiger partial charge >= 0.3 is 0 Å². The number of halogens is 2. The molecule has 0 aliphatic heterocycles. The van der Waals surface area contributed by atoms with Gasteiger partial charge in [0, 0.05) is 10.4 Å². The normalized spacial score (nSPS) is 18.8. The van der Waals surface area contributed by atoms with Gasteiger partial charge in [-0.2, -0.15) is 0 Å². The second-order valence-electron chi connectivity index (χ2n) is 5.47. The summed E-state index contributed by atoms with van der Waals surface area (Å²) in [4.78, 5) is 0. The molecule has 18 heavy (non-hydrogen) atoms. The van der Waals surface area contributed by atoms with E-state index in [-0.39, 0.29) is 5.38 Å². The van der Waals surface area contributed by atoms with Crippen LogP contribution < -0.4 is 0 Å². The number of hydrogen-bond donors (Lipinski definition) is 0. The van der Waals surface area contributed by atoms with Gasteiger partial charge < -0.3 is 0 Å². The Hall–Kier alpha value is -0.200. The Kier molecular flexibility index (Phi) is 5.85. The average Bonchev–Trinajstić information content (AvgIpc) is 2.40. The molecule has 100 valence electrons. The average molecular weight is 285 g/mol. The van der Waals surface area contributed by atoms with Crippen molar-refractivity contribution in [2.45, 2.75) is 56.7 Å². The van der Waals surface area contributed by atoms with Crippen molar-refractivity contribution in [2.24, 2.45) is 5.92 Å². The van der Waals surface area contributed by atoms with Gasteiger partial charge in [0.05, 0.1) is 0 Å². The van der Waals surface area contributed by atoms with E-state index in [9.17, 15) is 0 Å². The summed E-state index contributed by atoms with van der Waals surface area (Å²) < 4.78 is 0. The monoisotopic (exact) mass is 284 g/mol. The van der Waals surface area contributed by atoms with Gasteiger partial charge in [0.1, 0.15) is 0 Å². The molecule has 2 heteroatoms. The molecule has 0 radical (unpaired) electrons. The fraction of sp³-hybridized carbons (Fsp3) is 0.625. The summed E-state index contributed by atoms with van der Waals surface area (Å²) in [6.45, 7) is 0. The lowest BCUT2D eigenvalue weighted by molar-refractivity contribution is 0.330. The third-order valence-electron chi connectivity index (χ3n) is 4.01. The van der Waals surface area contributed by atoms with Crippen LogP contribution in [0.4, 0.5) is 0 Å². The van der Waals surface area contributed by atoms with Gasteiger partial charge in [-0.1, -0.05) is 61.9 Å². The van der Waals surface area contributed by atoms with Crippen molar-refractivity contribution >= 4 is 23.2 Å². The summed E-state index contributed by atoms with van der Waals surface area (Å²) >= 11 is 12.6. The van der Waals surface area contributed by atoms with Gasteiger partial charge in [0.25, 0.3) is 0 Å². The molecule has 0 bridgehead atoms. The van der Waals surface area contributed by atoms with Crippen LogP contribution in [-0.2, 0) is 6.42 Å². The Balaban J connectivity index is 1.74. The molecular formula is C16H22Cl2. The zero-order valence-electron chi connectivity index (χ0n) is 10.9. The van der Waals surface area contributed by atoms with Gasteiger partial charge in [-0.15, -0.1) is 11.6 Å². The molecule has 1 fully saturated rings. The zero-order chi connectivity index (χ0) is 12.8. The highest BCUT2D eigenvalue weighted by atomic mass is 35.5. The predicted octanol–water partition coefficient (Wildman–Crippen LogP) is 5.85. The third kappa shape index (κ3) is 4.48. The van der Waals surface area contributed by atoms with Crippen molar-refractivity contribution in [3.63, 3.8) is 0 Å². The van der Waals surface area contributed by atoms with Crippen molar-refractivity contribution in [2.75, 3.05) is 0 Å². The second kappa shape index (κ2) is 7.40. The summed E-state index contributed by atoms with van der Waals surface area (Å²) in [6.07, 6.45) is 10.4. The minimum absolute atomic E-state index is 0.229. The van der Waals surface area contributed by atoms with Gasteiger partial charge in [0.2, 0.25) is 0 Å². The van der Waals surface area contributed by atoms with E-state index >= 15 is 0 Å². The van der Waals surface area contributed by atoms with Crippen molar-refractivity contribution in [3.05, 3.63) is 34.9 Å². The van der Waals surface area contributed by atoms with E-state index < -0.39 is 0 Å². The zero-order valence-corrected chi connectivity index (χ0v) is 12.4. The van der Waals surface area contributed by atoms with Crippen LogP contribution in [0.15, 0.2) is 24.3 Å². The first-order valence-corrected chi connectivity index (χ1v) is 7.94. The Labute approximate surface area is 121 Å². The first kappa shape index (κ1) is 14.2. The fourth-order valence-electron chi connectivity index (χ4n) is 2.90. The summed E-state index contributed by atoms with van der Waals surface area (Å²) in [5, 5.41) is 1.08. The largest absolute Gasteiger partial charge is 0.123 e. The number of benzene rings is 1. The van der Waals surface area contributed by atoms with Gasteiger partial charge in [-0.05, 0) is 36.8 Å². The lowest BCUT2D eigenvalue weighted by Crippen LogP contribution is -2.10. The van der Waals surface area contributed by atoms with Crippen LogP contribution >= 0.6 is 23.2 Å².